The van der Waals surface area contributed by atoms with Crippen LogP contribution in [0.1, 0.15) is 57.3 Å². The van der Waals surface area contributed by atoms with Gasteiger partial charge in [0.25, 0.3) is 5.91 Å². The molecule has 1 aromatic rings. The zero-order chi connectivity index (χ0) is 20.0. The number of hydrogen-bond acceptors (Lipinski definition) is 4. The lowest BCUT2D eigenvalue weighted by Gasteiger charge is -2.37. The zero-order valence-electron chi connectivity index (χ0n) is 16.6. The minimum absolute atomic E-state index is 0.0885. The molecule has 0 bridgehead atoms. The van der Waals surface area contributed by atoms with Gasteiger partial charge in [-0.3, -0.25) is 30.2 Å². The summed E-state index contributed by atoms with van der Waals surface area (Å²) in [4.78, 5) is 42.6. The molecule has 27 heavy (non-hydrogen) atoms. The molecule has 0 aliphatic carbocycles. The van der Waals surface area contributed by atoms with Gasteiger partial charge in [-0.25, -0.2) is 0 Å². The van der Waals surface area contributed by atoms with Crippen molar-refractivity contribution in [3.05, 3.63) is 30.1 Å². The molecule has 2 unspecified atom stereocenters. The minimum atomic E-state index is -0.496. The van der Waals surface area contributed by atoms with Crippen LogP contribution in [0.25, 0.3) is 0 Å². The van der Waals surface area contributed by atoms with Gasteiger partial charge in [-0.1, -0.05) is 27.7 Å². The lowest BCUT2D eigenvalue weighted by molar-refractivity contribution is -0.136. The normalized spacial score (nSPS) is 20.1. The predicted octanol–water partition coefficient (Wildman–Crippen LogP) is 2.15. The van der Waals surface area contributed by atoms with Crippen LogP contribution in [0.2, 0.25) is 0 Å². The van der Waals surface area contributed by atoms with E-state index in [0.717, 1.165) is 19.5 Å². The Morgan fingerprint density at radius 1 is 1.15 bits per heavy atom. The fraction of sp³-hybridized carbons (Fsp3) is 0.600. The molecule has 1 aliphatic rings. The fourth-order valence-electron chi connectivity index (χ4n) is 3.62. The summed E-state index contributed by atoms with van der Waals surface area (Å²) in [6.07, 6.45) is 4.58. The maximum absolute atomic E-state index is 12.7. The van der Waals surface area contributed by atoms with Crippen molar-refractivity contribution in [1.82, 2.24) is 20.7 Å². The largest absolute Gasteiger partial charge is 0.342 e. The van der Waals surface area contributed by atoms with Crippen LogP contribution >= 0.6 is 0 Å². The van der Waals surface area contributed by atoms with E-state index < -0.39 is 11.3 Å². The summed E-state index contributed by atoms with van der Waals surface area (Å²) in [5.74, 6) is 0.344. The second-order valence-corrected chi connectivity index (χ2v) is 8.51. The highest BCUT2D eigenvalue weighted by Gasteiger charge is 2.31. The third kappa shape index (κ3) is 6.66. The summed E-state index contributed by atoms with van der Waals surface area (Å²) in [5, 5.41) is 0. The molecule has 2 rings (SSSR count). The zero-order valence-corrected chi connectivity index (χ0v) is 16.6. The molecule has 2 N–H and O–H groups in total. The van der Waals surface area contributed by atoms with Crippen LogP contribution in [0.3, 0.4) is 0 Å². The van der Waals surface area contributed by atoms with E-state index in [0.29, 0.717) is 23.8 Å². The molecule has 148 valence electrons. The summed E-state index contributed by atoms with van der Waals surface area (Å²) in [6, 6.07) is 3.26. The van der Waals surface area contributed by atoms with Gasteiger partial charge in [0.15, 0.2) is 0 Å². The van der Waals surface area contributed by atoms with Gasteiger partial charge in [0, 0.05) is 38.3 Å². The molecule has 1 aliphatic heterocycles. The predicted molar refractivity (Wildman–Crippen MR) is 102 cm³/mol. The average Bonchev–Trinajstić information content (AvgIpc) is 2.58. The number of nitrogens with one attached hydrogen (secondary N) is 2. The van der Waals surface area contributed by atoms with Crippen LogP contribution < -0.4 is 10.9 Å². The Morgan fingerprint density at radius 2 is 1.81 bits per heavy atom. The number of carbonyl (C=O) groups is 3. The topological polar surface area (TPSA) is 91.4 Å². The van der Waals surface area contributed by atoms with Crippen molar-refractivity contribution in [1.29, 1.82) is 0 Å². The molecule has 1 saturated heterocycles. The van der Waals surface area contributed by atoms with Crippen LogP contribution in [0, 0.1) is 17.3 Å². The van der Waals surface area contributed by atoms with Crippen LogP contribution in [-0.2, 0) is 9.59 Å². The van der Waals surface area contributed by atoms with E-state index in [2.05, 4.69) is 29.7 Å². The number of nitrogens with zero attached hydrogens (tertiary/aromatic N) is 2. The van der Waals surface area contributed by atoms with E-state index >= 15 is 0 Å². The van der Waals surface area contributed by atoms with Gasteiger partial charge in [0.2, 0.25) is 11.8 Å². The van der Waals surface area contributed by atoms with Crippen molar-refractivity contribution < 1.29 is 14.4 Å². The number of carbonyl (C=O) groups excluding carboxylic acids is 3. The minimum Gasteiger partial charge on any atom is -0.342 e. The Hall–Kier alpha value is -2.44. The molecule has 3 amide bonds. The van der Waals surface area contributed by atoms with E-state index in [4.69, 9.17) is 0 Å². The number of hydrazine groups is 1. The van der Waals surface area contributed by atoms with E-state index in [1.54, 1.807) is 18.3 Å². The summed E-state index contributed by atoms with van der Waals surface area (Å²) < 4.78 is 0. The van der Waals surface area contributed by atoms with Gasteiger partial charge in [0.1, 0.15) is 0 Å². The van der Waals surface area contributed by atoms with Crippen molar-refractivity contribution in [3.8, 4) is 0 Å². The van der Waals surface area contributed by atoms with E-state index in [1.165, 1.54) is 6.20 Å². The van der Waals surface area contributed by atoms with Crippen molar-refractivity contribution >= 4 is 17.7 Å². The average molecular weight is 374 g/mol. The first-order chi connectivity index (χ1) is 12.7. The third-order valence-corrected chi connectivity index (χ3v) is 4.73. The quantitative estimate of drug-likeness (QED) is 0.773. The number of likely N-dealkylation sites (tertiary alicyclic amines) is 1. The molecule has 0 aromatic carbocycles. The highest BCUT2D eigenvalue weighted by molar-refractivity contribution is 5.95. The van der Waals surface area contributed by atoms with Crippen molar-refractivity contribution in [2.24, 2.45) is 17.3 Å². The van der Waals surface area contributed by atoms with Gasteiger partial charge >= 0.3 is 0 Å². The summed E-state index contributed by atoms with van der Waals surface area (Å²) >= 11 is 0. The molecule has 2 atom stereocenters. The first-order valence-electron chi connectivity index (χ1n) is 9.43. The maximum atomic E-state index is 12.7. The monoisotopic (exact) mass is 374 g/mol. The van der Waals surface area contributed by atoms with E-state index in [9.17, 15) is 14.4 Å². The van der Waals surface area contributed by atoms with Crippen LogP contribution in [0.15, 0.2) is 24.5 Å². The molecular weight excluding hydrogens is 344 g/mol. The number of amides is 3. The molecule has 1 fully saturated rings. The lowest BCUT2D eigenvalue weighted by Crippen LogP contribution is -2.45. The molecule has 7 nitrogen and oxygen atoms in total. The third-order valence-electron chi connectivity index (χ3n) is 4.73. The molecule has 0 saturated carbocycles. The number of hydrogen-bond donors (Lipinski definition) is 2. The van der Waals surface area contributed by atoms with E-state index in [-0.39, 0.29) is 18.2 Å². The van der Waals surface area contributed by atoms with E-state index in [1.807, 2.05) is 18.7 Å². The fourth-order valence-corrected chi connectivity index (χ4v) is 3.62. The SMILES string of the molecule is CC1CC(C)CN(C(=O)CC(C)(C)CC(=O)NNC(=O)c2cccnc2)C1. The molecule has 2 heterocycles. The Morgan fingerprint density at radius 3 is 2.41 bits per heavy atom. The molecule has 0 radical (unpaired) electrons. The number of rotatable bonds is 5. The lowest BCUT2D eigenvalue weighted by atomic mass is 9.84. The van der Waals surface area contributed by atoms with Gasteiger partial charge < -0.3 is 4.90 Å². The summed E-state index contributed by atoms with van der Waals surface area (Å²) in [6.45, 7) is 9.69. The molecule has 7 heteroatoms. The Labute approximate surface area is 160 Å². The Kier molecular flexibility index (Phi) is 6.93. The second kappa shape index (κ2) is 8.97. The van der Waals surface area contributed by atoms with Gasteiger partial charge in [-0.2, -0.15) is 0 Å². The molecule has 0 spiro atoms. The first-order valence-corrected chi connectivity index (χ1v) is 9.43. The summed E-state index contributed by atoms with van der Waals surface area (Å²) in [7, 11) is 0. The van der Waals surface area contributed by atoms with Crippen LogP contribution in [-0.4, -0.2) is 40.7 Å². The van der Waals surface area contributed by atoms with Crippen molar-refractivity contribution in [2.45, 2.75) is 47.0 Å². The van der Waals surface area contributed by atoms with Gasteiger partial charge in [0.05, 0.1) is 5.56 Å². The van der Waals surface area contributed by atoms with Crippen LogP contribution in [0.5, 0.6) is 0 Å². The van der Waals surface area contributed by atoms with Gasteiger partial charge in [-0.05, 0) is 35.8 Å². The van der Waals surface area contributed by atoms with Crippen molar-refractivity contribution in [3.63, 3.8) is 0 Å². The van der Waals surface area contributed by atoms with Gasteiger partial charge in [-0.15, -0.1) is 0 Å². The summed E-state index contributed by atoms with van der Waals surface area (Å²) in [5.41, 5.74) is 4.65. The number of aromatic nitrogens is 1. The smallest absolute Gasteiger partial charge is 0.271 e. The van der Waals surface area contributed by atoms with Crippen LogP contribution in [0.4, 0.5) is 0 Å². The second-order valence-electron chi connectivity index (χ2n) is 8.51. The molecule has 1 aromatic heterocycles. The highest BCUT2D eigenvalue weighted by Crippen LogP contribution is 2.28. The highest BCUT2D eigenvalue weighted by atomic mass is 16.2. The standard InChI is InChI=1S/C20H30N4O3/c1-14-8-15(2)13-24(12-14)18(26)10-20(3,4)9-17(25)22-23-19(27)16-6-5-7-21-11-16/h5-7,11,14-15H,8-10,12-13H2,1-4H3,(H,22,25)(H,23,27). The Balaban J connectivity index is 1.81. The maximum Gasteiger partial charge on any atom is 0.271 e. The number of pyridine rings is 1. The number of piperidine rings is 1. The first kappa shape index (κ1) is 20.9. The molecular formula is C20H30N4O3. The Bertz CT molecular complexity index is 665. The van der Waals surface area contributed by atoms with Crippen molar-refractivity contribution in [2.75, 3.05) is 13.1 Å².